The molecule has 0 aromatic carbocycles. The molecule has 1 atom stereocenters. The minimum Gasteiger partial charge on any atom is -0.378 e. The van der Waals surface area contributed by atoms with Gasteiger partial charge < -0.3 is 9.64 Å². The van der Waals surface area contributed by atoms with E-state index in [0.717, 1.165) is 0 Å². The Labute approximate surface area is 88.7 Å². The van der Waals surface area contributed by atoms with Crippen LogP contribution in [0.2, 0.25) is 0 Å². The van der Waals surface area contributed by atoms with Crippen LogP contribution in [0.4, 0.5) is 0 Å². The molecule has 1 rings (SSSR count). The Hall–Kier alpha value is -0.700. The van der Waals surface area contributed by atoms with Gasteiger partial charge in [0.05, 0.1) is 19.3 Å². The van der Waals surface area contributed by atoms with E-state index in [1.54, 1.807) is 4.90 Å². The number of nitrogens with two attached hydrogens (primary N) is 1. The second-order valence-corrected chi connectivity index (χ2v) is 4.65. The second-order valence-electron chi connectivity index (χ2n) is 3.32. The van der Waals surface area contributed by atoms with Gasteiger partial charge in [-0.2, -0.15) is 13.1 Å². The topological polar surface area (TPSA) is 102 Å². The molecule has 0 aromatic heterocycles. The van der Waals surface area contributed by atoms with Gasteiger partial charge in [-0.3, -0.25) is 4.79 Å². The summed E-state index contributed by atoms with van der Waals surface area (Å²) in [5, 5.41) is 4.77. The number of amides is 1. The molecule has 0 bridgehead atoms. The van der Waals surface area contributed by atoms with Crippen LogP contribution in [-0.2, 0) is 19.7 Å². The Morgan fingerprint density at radius 2 is 2.00 bits per heavy atom. The fourth-order valence-corrected chi connectivity index (χ4v) is 1.95. The fraction of sp³-hybridized carbons (Fsp3) is 0.857. The predicted molar refractivity (Wildman–Crippen MR) is 53.1 cm³/mol. The number of morpholine rings is 1. The molecule has 88 valence electrons. The molecule has 1 heterocycles. The highest BCUT2D eigenvalue weighted by Crippen LogP contribution is 2.00. The van der Waals surface area contributed by atoms with Crippen molar-refractivity contribution in [3.63, 3.8) is 0 Å². The first-order valence-corrected chi connectivity index (χ1v) is 6.11. The number of nitrogens with zero attached hydrogens (tertiary/aromatic N) is 1. The van der Waals surface area contributed by atoms with Crippen molar-refractivity contribution in [3.8, 4) is 0 Å². The molecule has 1 aliphatic heterocycles. The summed E-state index contributed by atoms with van der Waals surface area (Å²) in [5.41, 5.74) is 0. The predicted octanol–water partition coefficient (Wildman–Crippen LogP) is -1.97. The number of rotatable bonds is 3. The normalized spacial score (nSPS) is 20.0. The number of hydrogen-bond donors (Lipinski definition) is 2. The van der Waals surface area contributed by atoms with Crippen molar-refractivity contribution in [1.82, 2.24) is 9.62 Å². The summed E-state index contributed by atoms with van der Waals surface area (Å²) in [6.07, 6.45) is 0. The third kappa shape index (κ3) is 4.12. The van der Waals surface area contributed by atoms with Crippen molar-refractivity contribution in [2.24, 2.45) is 5.14 Å². The van der Waals surface area contributed by atoms with Gasteiger partial charge in [0.1, 0.15) is 0 Å². The molecule has 0 saturated carbocycles. The molecule has 1 saturated heterocycles. The summed E-state index contributed by atoms with van der Waals surface area (Å²) in [4.78, 5) is 13.2. The Kier molecular flexibility index (Phi) is 4.03. The van der Waals surface area contributed by atoms with E-state index in [2.05, 4.69) is 0 Å². The first-order valence-electron chi connectivity index (χ1n) is 4.57. The Bertz CT molecular complexity index is 323. The highest BCUT2D eigenvalue weighted by molar-refractivity contribution is 7.87. The van der Waals surface area contributed by atoms with Crippen LogP contribution in [0, 0.1) is 0 Å². The van der Waals surface area contributed by atoms with Gasteiger partial charge in [0, 0.05) is 13.1 Å². The highest BCUT2D eigenvalue weighted by atomic mass is 32.2. The summed E-state index contributed by atoms with van der Waals surface area (Å²) in [5.74, 6) is -0.285. The van der Waals surface area contributed by atoms with Crippen molar-refractivity contribution in [1.29, 1.82) is 0 Å². The number of carbonyl (C=O) groups excluding carboxylic acids is 1. The summed E-state index contributed by atoms with van der Waals surface area (Å²) < 4.78 is 28.5. The molecule has 15 heavy (non-hydrogen) atoms. The van der Waals surface area contributed by atoms with Gasteiger partial charge in [-0.05, 0) is 6.92 Å². The molecule has 0 aromatic rings. The molecule has 0 aliphatic carbocycles. The second kappa shape index (κ2) is 4.88. The molecule has 1 amide bonds. The van der Waals surface area contributed by atoms with Gasteiger partial charge >= 0.3 is 0 Å². The molecule has 0 spiro atoms. The maximum Gasteiger partial charge on any atom is 0.275 e. The van der Waals surface area contributed by atoms with Crippen molar-refractivity contribution in [2.45, 2.75) is 13.0 Å². The van der Waals surface area contributed by atoms with Crippen molar-refractivity contribution in [2.75, 3.05) is 26.3 Å². The van der Waals surface area contributed by atoms with Gasteiger partial charge in [-0.1, -0.05) is 0 Å². The lowest BCUT2D eigenvalue weighted by Gasteiger charge is -2.29. The van der Waals surface area contributed by atoms with Crippen LogP contribution in [0.1, 0.15) is 6.92 Å². The van der Waals surface area contributed by atoms with E-state index < -0.39 is 16.3 Å². The maximum atomic E-state index is 11.7. The van der Waals surface area contributed by atoms with Crippen LogP contribution in [0.5, 0.6) is 0 Å². The highest BCUT2D eigenvalue weighted by Gasteiger charge is 2.24. The van der Waals surface area contributed by atoms with E-state index in [-0.39, 0.29) is 5.91 Å². The van der Waals surface area contributed by atoms with E-state index in [1.807, 2.05) is 4.72 Å². The quantitative estimate of drug-likeness (QED) is 0.594. The number of nitrogens with one attached hydrogen (secondary N) is 1. The molecule has 8 heteroatoms. The van der Waals surface area contributed by atoms with E-state index in [9.17, 15) is 13.2 Å². The third-order valence-electron chi connectivity index (χ3n) is 2.03. The number of hydrogen-bond acceptors (Lipinski definition) is 4. The monoisotopic (exact) mass is 237 g/mol. The van der Waals surface area contributed by atoms with E-state index in [4.69, 9.17) is 9.88 Å². The third-order valence-corrected chi connectivity index (χ3v) is 2.72. The first kappa shape index (κ1) is 12.4. The Morgan fingerprint density at radius 1 is 1.47 bits per heavy atom. The Balaban J connectivity index is 2.51. The van der Waals surface area contributed by atoms with Gasteiger partial charge in [0.15, 0.2) is 0 Å². The largest absolute Gasteiger partial charge is 0.378 e. The van der Waals surface area contributed by atoms with Crippen LogP contribution >= 0.6 is 0 Å². The van der Waals surface area contributed by atoms with Crippen molar-refractivity contribution in [3.05, 3.63) is 0 Å². The van der Waals surface area contributed by atoms with Crippen LogP contribution < -0.4 is 9.86 Å². The van der Waals surface area contributed by atoms with Crippen LogP contribution in [-0.4, -0.2) is 51.6 Å². The van der Waals surface area contributed by atoms with Gasteiger partial charge in [-0.15, -0.1) is 0 Å². The zero-order valence-electron chi connectivity index (χ0n) is 8.47. The lowest BCUT2D eigenvalue weighted by atomic mass is 10.3. The van der Waals surface area contributed by atoms with E-state index in [1.165, 1.54) is 6.92 Å². The average Bonchev–Trinajstić information content (AvgIpc) is 2.15. The van der Waals surface area contributed by atoms with Gasteiger partial charge in [0.25, 0.3) is 10.2 Å². The van der Waals surface area contributed by atoms with Crippen LogP contribution in [0.15, 0.2) is 0 Å². The average molecular weight is 237 g/mol. The summed E-state index contributed by atoms with van der Waals surface area (Å²) in [6, 6.07) is -0.835. The smallest absolute Gasteiger partial charge is 0.275 e. The molecular weight excluding hydrogens is 222 g/mol. The molecule has 1 aliphatic rings. The van der Waals surface area contributed by atoms with Gasteiger partial charge in [0.2, 0.25) is 5.91 Å². The molecule has 1 unspecified atom stereocenters. The standard InChI is InChI=1S/C7H15N3O4S/c1-6(9-15(8,12)13)7(11)10-2-4-14-5-3-10/h6,9H,2-5H2,1H3,(H2,8,12,13). The van der Waals surface area contributed by atoms with Crippen LogP contribution in [0.3, 0.4) is 0 Å². The van der Waals surface area contributed by atoms with Crippen molar-refractivity contribution < 1.29 is 17.9 Å². The van der Waals surface area contributed by atoms with Crippen LogP contribution in [0.25, 0.3) is 0 Å². The minimum absolute atomic E-state index is 0.285. The van der Waals surface area contributed by atoms with Gasteiger partial charge in [-0.25, -0.2) is 5.14 Å². The summed E-state index contributed by atoms with van der Waals surface area (Å²) in [7, 11) is -3.84. The summed E-state index contributed by atoms with van der Waals surface area (Å²) in [6.45, 7) is 3.38. The molecule has 7 nitrogen and oxygen atoms in total. The Morgan fingerprint density at radius 3 is 2.47 bits per heavy atom. The molecule has 1 fully saturated rings. The van der Waals surface area contributed by atoms with Crippen molar-refractivity contribution >= 4 is 16.1 Å². The SMILES string of the molecule is CC(NS(N)(=O)=O)C(=O)N1CCOCC1. The minimum atomic E-state index is -3.84. The zero-order chi connectivity index (χ0) is 11.5. The number of ether oxygens (including phenoxy) is 1. The first-order chi connectivity index (χ1) is 6.90. The molecular formula is C7H15N3O4S. The van der Waals surface area contributed by atoms with E-state index in [0.29, 0.717) is 26.3 Å². The lowest BCUT2D eigenvalue weighted by Crippen LogP contribution is -2.51. The maximum absolute atomic E-state index is 11.7. The number of carbonyl (C=O) groups is 1. The lowest BCUT2D eigenvalue weighted by molar-refractivity contribution is -0.136. The molecule has 0 radical (unpaired) electrons. The zero-order valence-corrected chi connectivity index (χ0v) is 9.29. The molecule has 3 N–H and O–H groups in total. The fourth-order valence-electron chi connectivity index (χ4n) is 1.35. The summed E-state index contributed by atoms with van der Waals surface area (Å²) >= 11 is 0. The van der Waals surface area contributed by atoms with E-state index >= 15 is 0 Å².